The number of nitrogens with zero attached hydrogens (tertiary/aromatic N) is 1. The van der Waals surface area contributed by atoms with Crippen LogP contribution in [0.1, 0.15) is 27.9 Å². The van der Waals surface area contributed by atoms with Gasteiger partial charge in [0, 0.05) is 24.3 Å². The lowest BCUT2D eigenvalue weighted by Crippen LogP contribution is -2.28. The van der Waals surface area contributed by atoms with Gasteiger partial charge in [0.05, 0.1) is 4.90 Å². The molecule has 7 heteroatoms. The minimum absolute atomic E-state index is 0.178. The third kappa shape index (κ3) is 6.93. The Kier molecular flexibility index (Phi) is 8.03. The van der Waals surface area contributed by atoms with Gasteiger partial charge in [0.25, 0.3) is 15.9 Å². The predicted octanol–water partition coefficient (Wildman–Crippen LogP) is 4.05. The molecule has 32 heavy (non-hydrogen) atoms. The largest absolute Gasteiger partial charge is 0.352 e. The van der Waals surface area contributed by atoms with Crippen molar-refractivity contribution in [1.29, 1.82) is 0 Å². The number of sulfonamides is 1. The second-order valence-corrected chi connectivity index (χ2v) is 9.51. The molecule has 0 aliphatic heterocycles. The number of carbonyl (C=O) groups is 1. The van der Waals surface area contributed by atoms with Gasteiger partial charge < -0.3 is 10.2 Å². The van der Waals surface area contributed by atoms with E-state index in [9.17, 15) is 13.2 Å². The number of benzene rings is 3. The van der Waals surface area contributed by atoms with Gasteiger partial charge >= 0.3 is 0 Å². The van der Waals surface area contributed by atoms with Gasteiger partial charge in [0.15, 0.2) is 0 Å². The smallest absolute Gasteiger partial charge is 0.261 e. The van der Waals surface area contributed by atoms with E-state index in [-0.39, 0.29) is 10.8 Å². The fourth-order valence-corrected chi connectivity index (χ4v) is 4.33. The van der Waals surface area contributed by atoms with Gasteiger partial charge in [-0.15, -0.1) is 0 Å². The zero-order valence-electron chi connectivity index (χ0n) is 18.4. The van der Waals surface area contributed by atoms with Gasteiger partial charge in [0.1, 0.15) is 0 Å². The molecule has 0 bridgehead atoms. The van der Waals surface area contributed by atoms with Crippen LogP contribution in [0.4, 0.5) is 5.69 Å². The molecule has 0 fully saturated rings. The van der Waals surface area contributed by atoms with Crippen molar-refractivity contribution in [1.82, 2.24) is 10.2 Å². The Hall–Kier alpha value is -3.16. The number of aryl methyl sites for hydroxylation is 1. The lowest BCUT2D eigenvalue weighted by atomic mass is 10.2. The number of anilines is 1. The molecule has 6 nitrogen and oxygen atoms in total. The number of hydrogen-bond donors (Lipinski definition) is 2. The minimum atomic E-state index is -3.72. The van der Waals surface area contributed by atoms with E-state index in [2.05, 4.69) is 34.1 Å². The van der Waals surface area contributed by atoms with E-state index in [1.54, 1.807) is 48.5 Å². The molecule has 0 unspecified atom stereocenters. The van der Waals surface area contributed by atoms with Gasteiger partial charge in [-0.1, -0.05) is 54.1 Å². The Bertz CT molecular complexity index is 1130. The van der Waals surface area contributed by atoms with Gasteiger partial charge in [-0.05, 0) is 62.8 Å². The summed E-state index contributed by atoms with van der Waals surface area (Å²) in [5, 5.41) is 2.90. The first-order valence-corrected chi connectivity index (χ1v) is 12.0. The monoisotopic (exact) mass is 451 g/mol. The second-order valence-electron chi connectivity index (χ2n) is 7.83. The maximum atomic E-state index is 12.6. The van der Waals surface area contributed by atoms with Crippen LogP contribution < -0.4 is 10.0 Å². The third-order valence-electron chi connectivity index (χ3n) is 5.01. The van der Waals surface area contributed by atoms with Crippen LogP contribution in [-0.4, -0.2) is 39.4 Å². The molecule has 1 amide bonds. The molecule has 0 aliphatic carbocycles. The van der Waals surface area contributed by atoms with E-state index in [1.807, 2.05) is 25.1 Å². The van der Waals surface area contributed by atoms with Crippen LogP contribution in [0.2, 0.25) is 0 Å². The molecular weight excluding hydrogens is 422 g/mol. The molecule has 3 rings (SSSR count). The molecule has 0 aromatic heterocycles. The van der Waals surface area contributed by atoms with Gasteiger partial charge in [-0.25, -0.2) is 8.42 Å². The summed E-state index contributed by atoms with van der Waals surface area (Å²) in [5.74, 6) is -0.230. The Balaban J connectivity index is 1.50. The first kappa shape index (κ1) is 23.5. The van der Waals surface area contributed by atoms with E-state index < -0.39 is 10.0 Å². The van der Waals surface area contributed by atoms with Crippen molar-refractivity contribution in [3.63, 3.8) is 0 Å². The number of carbonyl (C=O) groups excluding carboxylic acids is 1. The zero-order chi connectivity index (χ0) is 23.0. The molecule has 2 N–H and O–H groups in total. The molecule has 0 saturated carbocycles. The molecule has 0 aliphatic rings. The summed E-state index contributed by atoms with van der Waals surface area (Å²) in [6, 6.07) is 23.4. The van der Waals surface area contributed by atoms with Gasteiger partial charge in [-0.3, -0.25) is 9.52 Å². The minimum Gasteiger partial charge on any atom is -0.352 e. The third-order valence-corrected chi connectivity index (χ3v) is 6.40. The number of rotatable bonds is 10. The van der Waals surface area contributed by atoms with Crippen molar-refractivity contribution in [2.24, 2.45) is 0 Å². The molecule has 0 heterocycles. The molecule has 3 aromatic carbocycles. The Labute approximate surface area is 190 Å². The molecular formula is C25H29N3O3S. The maximum absolute atomic E-state index is 12.6. The number of amides is 1. The van der Waals surface area contributed by atoms with Crippen molar-refractivity contribution in [2.45, 2.75) is 24.8 Å². The normalized spacial score (nSPS) is 11.3. The van der Waals surface area contributed by atoms with E-state index >= 15 is 0 Å². The average Bonchev–Trinajstić information content (AvgIpc) is 2.77. The van der Waals surface area contributed by atoms with E-state index in [0.717, 1.165) is 25.1 Å². The summed E-state index contributed by atoms with van der Waals surface area (Å²) in [6.07, 6.45) is 0.814. The fraction of sp³-hybridized carbons (Fsp3) is 0.240. The van der Waals surface area contributed by atoms with Crippen LogP contribution >= 0.6 is 0 Å². The topological polar surface area (TPSA) is 78.5 Å². The van der Waals surface area contributed by atoms with E-state index in [1.165, 1.54) is 5.56 Å². The molecule has 0 spiro atoms. The van der Waals surface area contributed by atoms with Gasteiger partial charge in [-0.2, -0.15) is 0 Å². The highest BCUT2D eigenvalue weighted by Crippen LogP contribution is 2.18. The Morgan fingerprint density at radius 1 is 0.938 bits per heavy atom. The number of nitrogens with one attached hydrogen (secondary N) is 2. The SMILES string of the molecule is Cc1ccc(S(=O)(=O)Nc2cccc(C(=O)NCCCN(C)Cc3ccccc3)c2)cc1. The van der Waals surface area contributed by atoms with Crippen LogP contribution in [0, 0.1) is 6.92 Å². The van der Waals surface area contributed by atoms with Crippen LogP contribution in [0.15, 0.2) is 83.8 Å². The molecule has 168 valence electrons. The van der Waals surface area contributed by atoms with Crippen LogP contribution in [-0.2, 0) is 16.6 Å². The molecule has 0 radical (unpaired) electrons. The standard InChI is InChI=1S/C25H29N3O3S/c1-20-12-14-24(15-13-20)32(30,31)27-23-11-6-10-22(18-23)25(29)26-16-7-17-28(2)19-21-8-4-3-5-9-21/h3-6,8-15,18,27H,7,16-17,19H2,1-2H3,(H,26,29). The first-order chi connectivity index (χ1) is 15.3. The highest BCUT2D eigenvalue weighted by Gasteiger charge is 2.15. The second kappa shape index (κ2) is 10.9. The summed E-state index contributed by atoms with van der Waals surface area (Å²) < 4.78 is 27.7. The predicted molar refractivity (Wildman–Crippen MR) is 128 cm³/mol. The molecule has 0 saturated heterocycles. The van der Waals surface area contributed by atoms with Crippen LogP contribution in [0.3, 0.4) is 0 Å². The lowest BCUT2D eigenvalue weighted by Gasteiger charge is -2.16. The highest BCUT2D eigenvalue weighted by molar-refractivity contribution is 7.92. The maximum Gasteiger partial charge on any atom is 0.261 e. The van der Waals surface area contributed by atoms with Crippen molar-refractivity contribution >= 4 is 21.6 Å². The summed E-state index contributed by atoms with van der Waals surface area (Å²) in [7, 11) is -1.66. The van der Waals surface area contributed by atoms with E-state index in [4.69, 9.17) is 0 Å². The number of hydrogen-bond acceptors (Lipinski definition) is 4. The van der Waals surface area contributed by atoms with Crippen molar-refractivity contribution < 1.29 is 13.2 Å². The van der Waals surface area contributed by atoms with Crippen LogP contribution in [0.5, 0.6) is 0 Å². The van der Waals surface area contributed by atoms with Crippen LogP contribution in [0.25, 0.3) is 0 Å². The Morgan fingerprint density at radius 3 is 2.38 bits per heavy atom. The summed E-state index contributed by atoms with van der Waals surface area (Å²) in [5.41, 5.74) is 2.99. The molecule has 0 atom stereocenters. The molecule has 3 aromatic rings. The summed E-state index contributed by atoms with van der Waals surface area (Å²) >= 11 is 0. The van der Waals surface area contributed by atoms with Crippen molar-refractivity contribution in [3.05, 3.63) is 95.6 Å². The highest BCUT2D eigenvalue weighted by atomic mass is 32.2. The van der Waals surface area contributed by atoms with E-state index in [0.29, 0.717) is 17.8 Å². The van der Waals surface area contributed by atoms with Crippen molar-refractivity contribution in [2.75, 3.05) is 24.9 Å². The lowest BCUT2D eigenvalue weighted by molar-refractivity contribution is 0.0952. The Morgan fingerprint density at radius 2 is 1.66 bits per heavy atom. The first-order valence-electron chi connectivity index (χ1n) is 10.5. The fourth-order valence-electron chi connectivity index (χ4n) is 3.28. The quantitative estimate of drug-likeness (QED) is 0.456. The summed E-state index contributed by atoms with van der Waals surface area (Å²) in [4.78, 5) is 14.9. The van der Waals surface area contributed by atoms with Crippen molar-refractivity contribution in [3.8, 4) is 0 Å². The average molecular weight is 452 g/mol. The summed E-state index contributed by atoms with van der Waals surface area (Å²) in [6.45, 7) is 4.15. The van der Waals surface area contributed by atoms with Gasteiger partial charge in [0.2, 0.25) is 0 Å². The zero-order valence-corrected chi connectivity index (χ0v) is 19.2.